The molecule has 0 fully saturated rings. The van der Waals surface area contributed by atoms with E-state index in [9.17, 15) is 0 Å². The number of nitrogens with one attached hydrogen (secondary N) is 1. The SMILES string of the molecule is CC(Nc1cccc(-n2cccc2)c1)c1ccccc1Cl. The fraction of sp³-hybridized carbons (Fsp3) is 0.111. The molecule has 0 saturated heterocycles. The molecule has 0 radical (unpaired) electrons. The molecule has 1 atom stereocenters. The van der Waals surface area contributed by atoms with Crippen LogP contribution in [0.2, 0.25) is 5.02 Å². The van der Waals surface area contributed by atoms with Gasteiger partial charge in [0, 0.05) is 34.8 Å². The Morgan fingerprint density at radius 3 is 2.48 bits per heavy atom. The normalized spacial score (nSPS) is 12.1. The number of halogens is 1. The van der Waals surface area contributed by atoms with Crippen molar-refractivity contribution in [2.75, 3.05) is 5.32 Å². The van der Waals surface area contributed by atoms with Gasteiger partial charge >= 0.3 is 0 Å². The van der Waals surface area contributed by atoms with Crippen molar-refractivity contribution >= 4 is 17.3 Å². The summed E-state index contributed by atoms with van der Waals surface area (Å²) >= 11 is 6.25. The van der Waals surface area contributed by atoms with E-state index in [-0.39, 0.29) is 6.04 Å². The fourth-order valence-corrected chi connectivity index (χ4v) is 2.72. The summed E-state index contributed by atoms with van der Waals surface area (Å²) in [6.45, 7) is 2.11. The van der Waals surface area contributed by atoms with Crippen LogP contribution in [0.4, 0.5) is 5.69 Å². The van der Waals surface area contributed by atoms with Crippen LogP contribution in [0, 0.1) is 0 Å². The molecule has 2 nitrogen and oxygen atoms in total. The number of rotatable bonds is 4. The molecule has 3 rings (SSSR count). The number of hydrogen-bond donors (Lipinski definition) is 1. The first-order valence-electron chi connectivity index (χ1n) is 6.98. The maximum absolute atomic E-state index is 6.25. The standard InChI is InChI=1S/C18H17ClN2/c1-14(17-9-2-3-10-18(17)19)20-15-7-6-8-16(13-15)21-11-4-5-12-21/h2-14,20H,1H3. The second kappa shape index (κ2) is 6.06. The highest BCUT2D eigenvalue weighted by Gasteiger charge is 2.09. The topological polar surface area (TPSA) is 17.0 Å². The van der Waals surface area contributed by atoms with E-state index in [4.69, 9.17) is 11.6 Å². The van der Waals surface area contributed by atoms with Crippen molar-refractivity contribution in [1.82, 2.24) is 4.57 Å². The highest BCUT2D eigenvalue weighted by molar-refractivity contribution is 6.31. The van der Waals surface area contributed by atoms with E-state index in [0.29, 0.717) is 0 Å². The first kappa shape index (κ1) is 13.8. The average molecular weight is 297 g/mol. The van der Waals surface area contributed by atoms with E-state index < -0.39 is 0 Å². The lowest BCUT2D eigenvalue weighted by molar-refractivity contribution is 0.884. The Kier molecular flexibility index (Phi) is 3.98. The van der Waals surface area contributed by atoms with Crippen LogP contribution in [0.5, 0.6) is 0 Å². The maximum Gasteiger partial charge on any atom is 0.0500 e. The second-order valence-electron chi connectivity index (χ2n) is 5.03. The predicted molar refractivity (Wildman–Crippen MR) is 89.3 cm³/mol. The van der Waals surface area contributed by atoms with Gasteiger partial charge in [-0.3, -0.25) is 0 Å². The summed E-state index contributed by atoms with van der Waals surface area (Å²) in [6.07, 6.45) is 4.08. The van der Waals surface area contributed by atoms with Crippen molar-refractivity contribution in [2.45, 2.75) is 13.0 Å². The number of benzene rings is 2. The van der Waals surface area contributed by atoms with E-state index >= 15 is 0 Å². The summed E-state index contributed by atoms with van der Waals surface area (Å²) in [7, 11) is 0. The zero-order chi connectivity index (χ0) is 14.7. The third-order valence-corrected chi connectivity index (χ3v) is 3.85. The van der Waals surface area contributed by atoms with Crippen LogP contribution < -0.4 is 5.32 Å². The van der Waals surface area contributed by atoms with Crippen LogP contribution in [0.3, 0.4) is 0 Å². The molecule has 1 aromatic heterocycles. The van der Waals surface area contributed by atoms with E-state index in [1.54, 1.807) is 0 Å². The molecule has 21 heavy (non-hydrogen) atoms. The molecule has 0 aliphatic heterocycles. The first-order chi connectivity index (χ1) is 10.2. The van der Waals surface area contributed by atoms with Crippen molar-refractivity contribution in [3.63, 3.8) is 0 Å². The Morgan fingerprint density at radius 1 is 0.952 bits per heavy atom. The van der Waals surface area contributed by atoms with E-state index in [1.807, 2.05) is 42.7 Å². The van der Waals surface area contributed by atoms with Gasteiger partial charge in [0.15, 0.2) is 0 Å². The molecule has 1 N–H and O–H groups in total. The van der Waals surface area contributed by atoms with Crippen LogP contribution in [-0.4, -0.2) is 4.57 Å². The van der Waals surface area contributed by atoms with Crippen LogP contribution in [0.15, 0.2) is 73.1 Å². The molecule has 0 bridgehead atoms. The maximum atomic E-state index is 6.25. The third-order valence-electron chi connectivity index (χ3n) is 3.50. The summed E-state index contributed by atoms with van der Waals surface area (Å²) in [6, 6.07) is 20.5. The van der Waals surface area contributed by atoms with Crippen molar-refractivity contribution in [2.24, 2.45) is 0 Å². The zero-order valence-electron chi connectivity index (χ0n) is 11.8. The Balaban J connectivity index is 1.82. The van der Waals surface area contributed by atoms with E-state index in [2.05, 4.69) is 47.1 Å². The van der Waals surface area contributed by atoms with E-state index in [0.717, 1.165) is 22.0 Å². The molecule has 0 aliphatic rings. The number of aromatic nitrogens is 1. The van der Waals surface area contributed by atoms with Gasteiger partial charge in [-0.2, -0.15) is 0 Å². The molecule has 1 unspecified atom stereocenters. The molecule has 0 spiro atoms. The Labute approximate surface area is 130 Å². The zero-order valence-corrected chi connectivity index (χ0v) is 12.6. The van der Waals surface area contributed by atoms with Gasteiger partial charge in [0.05, 0.1) is 0 Å². The monoisotopic (exact) mass is 296 g/mol. The molecular weight excluding hydrogens is 280 g/mol. The van der Waals surface area contributed by atoms with Gasteiger partial charge in [0.1, 0.15) is 0 Å². The van der Waals surface area contributed by atoms with Gasteiger partial charge in [-0.05, 0) is 48.9 Å². The van der Waals surface area contributed by atoms with Gasteiger partial charge in [-0.1, -0.05) is 35.9 Å². The van der Waals surface area contributed by atoms with Gasteiger partial charge in [-0.15, -0.1) is 0 Å². The third kappa shape index (κ3) is 3.11. The van der Waals surface area contributed by atoms with Gasteiger partial charge < -0.3 is 9.88 Å². The molecule has 2 aromatic carbocycles. The van der Waals surface area contributed by atoms with Crippen molar-refractivity contribution in [1.29, 1.82) is 0 Å². The predicted octanol–water partition coefficient (Wildman–Crippen LogP) is 5.30. The lowest BCUT2D eigenvalue weighted by Crippen LogP contribution is -2.07. The van der Waals surface area contributed by atoms with E-state index in [1.165, 1.54) is 0 Å². The summed E-state index contributed by atoms with van der Waals surface area (Å²) in [5.74, 6) is 0. The highest BCUT2D eigenvalue weighted by Crippen LogP contribution is 2.26. The van der Waals surface area contributed by atoms with Crippen molar-refractivity contribution in [3.05, 3.63) is 83.6 Å². The van der Waals surface area contributed by atoms with Crippen LogP contribution in [0.25, 0.3) is 5.69 Å². The lowest BCUT2D eigenvalue weighted by Gasteiger charge is -2.17. The van der Waals surface area contributed by atoms with Gasteiger partial charge in [0.2, 0.25) is 0 Å². The molecule has 3 heteroatoms. The quantitative estimate of drug-likeness (QED) is 0.691. The average Bonchev–Trinajstić information content (AvgIpc) is 3.02. The van der Waals surface area contributed by atoms with Crippen LogP contribution in [0.1, 0.15) is 18.5 Å². The Morgan fingerprint density at radius 2 is 1.71 bits per heavy atom. The molecule has 0 amide bonds. The molecule has 3 aromatic rings. The molecule has 0 saturated carbocycles. The summed E-state index contributed by atoms with van der Waals surface area (Å²) in [5.41, 5.74) is 3.32. The molecule has 106 valence electrons. The summed E-state index contributed by atoms with van der Waals surface area (Å²) in [4.78, 5) is 0. The first-order valence-corrected chi connectivity index (χ1v) is 7.36. The summed E-state index contributed by atoms with van der Waals surface area (Å²) in [5, 5.41) is 4.29. The largest absolute Gasteiger partial charge is 0.378 e. The highest BCUT2D eigenvalue weighted by atomic mass is 35.5. The Hall–Kier alpha value is -2.19. The van der Waals surface area contributed by atoms with Crippen molar-refractivity contribution in [3.8, 4) is 5.69 Å². The van der Waals surface area contributed by atoms with Crippen molar-refractivity contribution < 1.29 is 0 Å². The van der Waals surface area contributed by atoms with Gasteiger partial charge in [0.25, 0.3) is 0 Å². The Bertz CT molecular complexity index is 720. The molecule has 0 aliphatic carbocycles. The lowest BCUT2D eigenvalue weighted by atomic mass is 10.1. The smallest absolute Gasteiger partial charge is 0.0500 e. The summed E-state index contributed by atoms with van der Waals surface area (Å²) < 4.78 is 2.09. The van der Waals surface area contributed by atoms with Gasteiger partial charge in [-0.25, -0.2) is 0 Å². The fourth-order valence-electron chi connectivity index (χ4n) is 2.42. The molecular formula is C18H17ClN2. The van der Waals surface area contributed by atoms with Crippen LogP contribution >= 0.6 is 11.6 Å². The number of nitrogens with zero attached hydrogens (tertiary/aromatic N) is 1. The second-order valence-corrected chi connectivity index (χ2v) is 5.44. The minimum atomic E-state index is 0.151. The minimum Gasteiger partial charge on any atom is -0.378 e. The minimum absolute atomic E-state index is 0.151. The van der Waals surface area contributed by atoms with Crippen LogP contribution in [-0.2, 0) is 0 Å². The number of anilines is 1. The number of hydrogen-bond acceptors (Lipinski definition) is 1. The molecule has 1 heterocycles.